The first-order chi connectivity index (χ1) is 6.91. The molecule has 0 aliphatic rings. The summed E-state index contributed by atoms with van der Waals surface area (Å²) in [5.41, 5.74) is 0.572. The first-order valence-corrected chi connectivity index (χ1v) is 4.43. The lowest BCUT2D eigenvalue weighted by molar-refractivity contribution is -0.385. The van der Waals surface area contributed by atoms with Gasteiger partial charge in [0.1, 0.15) is 0 Å². The Kier molecular flexibility index (Phi) is 3.26. The van der Waals surface area contributed by atoms with Crippen molar-refractivity contribution in [2.45, 2.75) is 13.3 Å². The molecule has 0 heterocycles. The van der Waals surface area contributed by atoms with E-state index in [-0.39, 0.29) is 17.1 Å². The Morgan fingerprint density at radius 3 is 2.60 bits per heavy atom. The molecule has 1 aromatic carbocycles. The monoisotopic (exact) mass is 228 g/mol. The van der Waals surface area contributed by atoms with E-state index in [0.717, 1.165) is 6.07 Å². The predicted molar refractivity (Wildman–Crippen MR) is 51.6 cm³/mol. The second-order valence-corrected chi connectivity index (χ2v) is 3.44. The molecule has 0 aliphatic heterocycles. The maximum atomic E-state index is 10.5. The molecule has 0 amide bonds. The number of nitro groups is 1. The van der Waals surface area contributed by atoms with Crippen LogP contribution in [0.4, 0.5) is 5.69 Å². The van der Waals surface area contributed by atoms with E-state index in [2.05, 4.69) is 0 Å². The van der Waals surface area contributed by atoms with Crippen molar-refractivity contribution in [1.82, 2.24) is 0 Å². The number of benzene rings is 1. The summed E-state index contributed by atoms with van der Waals surface area (Å²) in [4.78, 5) is 20.3. The number of hydrogen-bond donors (Lipinski definition) is 0. The molecule has 1 aromatic rings. The van der Waals surface area contributed by atoms with Gasteiger partial charge in [0.15, 0.2) is 0 Å². The second kappa shape index (κ2) is 4.27. The van der Waals surface area contributed by atoms with Gasteiger partial charge < -0.3 is 9.90 Å². The molecule has 15 heavy (non-hydrogen) atoms. The van der Waals surface area contributed by atoms with Gasteiger partial charge in [-0.05, 0) is 18.6 Å². The molecule has 1 rings (SSSR count). The van der Waals surface area contributed by atoms with E-state index >= 15 is 0 Å². The number of hydrogen-bond acceptors (Lipinski definition) is 4. The van der Waals surface area contributed by atoms with Crippen LogP contribution in [0.5, 0.6) is 0 Å². The lowest BCUT2D eigenvalue weighted by atomic mass is 10.1. The smallest absolute Gasteiger partial charge is 0.273 e. The van der Waals surface area contributed by atoms with Gasteiger partial charge in [-0.3, -0.25) is 10.1 Å². The number of aliphatic carboxylic acids is 1. The molecule has 0 saturated heterocycles. The summed E-state index contributed by atoms with van der Waals surface area (Å²) in [7, 11) is 0. The molecule has 80 valence electrons. The molecule has 0 N–H and O–H groups in total. The molecule has 0 radical (unpaired) electrons. The Hall–Kier alpha value is -1.62. The number of nitrogens with zero attached hydrogens (tertiary/aromatic N) is 1. The van der Waals surface area contributed by atoms with Gasteiger partial charge in [0, 0.05) is 24.0 Å². The standard InChI is InChI=1S/C9H8ClNO4/c1-5-2-6(3-9(12)13)7(10)4-8(5)11(14)15/h2,4H,3H2,1H3,(H,12,13)/p-1. The molecular weight excluding hydrogens is 222 g/mol. The summed E-state index contributed by atoms with van der Waals surface area (Å²) < 4.78 is 0. The van der Waals surface area contributed by atoms with Crippen LogP contribution in [0.2, 0.25) is 5.02 Å². The second-order valence-electron chi connectivity index (χ2n) is 3.04. The summed E-state index contributed by atoms with van der Waals surface area (Å²) in [6.45, 7) is 1.52. The third-order valence-electron chi connectivity index (χ3n) is 1.90. The molecule has 5 nitrogen and oxygen atoms in total. The number of halogens is 1. The normalized spacial score (nSPS) is 10.0. The highest BCUT2D eigenvalue weighted by molar-refractivity contribution is 6.31. The minimum absolute atomic E-state index is 0.0662. The van der Waals surface area contributed by atoms with Gasteiger partial charge >= 0.3 is 0 Å². The van der Waals surface area contributed by atoms with Crippen LogP contribution in [0.1, 0.15) is 11.1 Å². The highest BCUT2D eigenvalue weighted by Crippen LogP contribution is 2.26. The molecule has 0 aliphatic carbocycles. The van der Waals surface area contributed by atoms with Crippen LogP contribution in [-0.2, 0) is 11.2 Å². The first kappa shape index (κ1) is 11.5. The number of carboxylic acid groups (broad SMARTS) is 1. The number of rotatable bonds is 3. The van der Waals surface area contributed by atoms with E-state index in [4.69, 9.17) is 11.6 Å². The topological polar surface area (TPSA) is 83.3 Å². The van der Waals surface area contributed by atoms with Gasteiger partial charge in [0.05, 0.1) is 9.95 Å². The predicted octanol–water partition coefficient (Wildman–Crippen LogP) is 0.849. The van der Waals surface area contributed by atoms with Crippen molar-refractivity contribution in [3.8, 4) is 0 Å². The molecule has 0 fully saturated rings. The third kappa shape index (κ3) is 2.66. The van der Waals surface area contributed by atoms with Crippen LogP contribution in [0.3, 0.4) is 0 Å². The lowest BCUT2D eigenvalue weighted by Crippen LogP contribution is -2.24. The molecular formula is C9H7ClNO4-. The zero-order chi connectivity index (χ0) is 11.6. The average molecular weight is 229 g/mol. The SMILES string of the molecule is Cc1cc(CC(=O)[O-])c(Cl)cc1[N+](=O)[O-]. The van der Waals surface area contributed by atoms with Gasteiger partial charge in [-0.2, -0.15) is 0 Å². The number of aryl methyl sites for hydroxylation is 1. The van der Waals surface area contributed by atoms with Crippen molar-refractivity contribution in [2.24, 2.45) is 0 Å². The molecule has 6 heteroatoms. The zero-order valence-electron chi connectivity index (χ0n) is 7.82. The van der Waals surface area contributed by atoms with Crippen molar-refractivity contribution >= 4 is 23.3 Å². The van der Waals surface area contributed by atoms with Crippen LogP contribution in [0, 0.1) is 17.0 Å². The van der Waals surface area contributed by atoms with Crippen LogP contribution < -0.4 is 5.11 Å². The molecule has 0 spiro atoms. The van der Waals surface area contributed by atoms with Gasteiger partial charge in [0.2, 0.25) is 0 Å². The molecule has 0 aromatic heterocycles. The minimum atomic E-state index is -1.27. The van der Waals surface area contributed by atoms with Gasteiger partial charge in [-0.15, -0.1) is 0 Å². The number of carboxylic acids is 1. The maximum absolute atomic E-state index is 10.5. The minimum Gasteiger partial charge on any atom is -0.550 e. The zero-order valence-corrected chi connectivity index (χ0v) is 8.58. The molecule has 0 unspecified atom stereocenters. The molecule has 0 saturated carbocycles. The lowest BCUT2D eigenvalue weighted by Gasteiger charge is -2.06. The van der Waals surface area contributed by atoms with Crippen LogP contribution in [-0.4, -0.2) is 10.9 Å². The Morgan fingerprint density at radius 1 is 1.53 bits per heavy atom. The summed E-state index contributed by atoms with van der Waals surface area (Å²) in [6, 6.07) is 2.53. The van der Waals surface area contributed by atoms with E-state index in [1.54, 1.807) is 0 Å². The largest absolute Gasteiger partial charge is 0.550 e. The Morgan fingerprint density at radius 2 is 2.13 bits per heavy atom. The number of carbonyl (C=O) groups is 1. The van der Waals surface area contributed by atoms with Crippen molar-refractivity contribution in [1.29, 1.82) is 0 Å². The van der Waals surface area contributed by atoms with E-state index < -0.39 is 10.9 Å². The quantitative estimate of drug-likeness (QED) is 0.567. The first-order valence-electron chi connectivity index (χ1n) is 4.05. The van der Waals surface area contributed by atoms with Crippen molar-refractivity contribution in [3.05, 3.63) is 38.4 Å². The van der Waals surface area contributed by atoms with Crippen LogP contribution in [0.15, 0.2) is 12.1 Å². The fourth-order valence-corrected chi connectivity index (χ4v) is 1.44. The Labute approximate surface area is 90.4 Å². The van der Waals surface area contributed by atoms with E-state index in [0.29, 0.717) is 11.1 Å². The molecule has 0 atom stereocenters. The van der Waals surface area contributed by atoms with E-state index in [1.165, 1.54) is 13.0 Å². The Bertz CT molecular complexity index is 430. The van der Waals surface area contributed by atoms with Gasteiger partial charge in [-0.25, -0.2) is 0 Å². The summed E-state index contributed by atoms with van der Waals surface area (Å²) in [5, 5.41) is 20.9. The average Bonchev–Trinajstić information content (AvgIpc) is 2.09. The van der Waals surface area contributed by atoms with Crippen molar-refractivity contribution in [3.63, 3.8) is 0 Å². The van der Waals surface area contributed by atoms with Crippen molar-refractivity contribution in [2.75, 3.05) is 0 Å². The maximum Gasteiger partial charge on any atom is 0.273 e. The van der Waals surface area contributed by atoms with Crippen molar-refractivity contribution < 1.29 is 14.8 Å². The van der Waals surface area contributed by atoms with E-state index in [9.17, 15) is 20.0 Å². The fourth-order valence-electron chi connectivity index (χ4n) is 1.22. The fraction of sp³-hybridized carbons (Fsp3) is 0.222. The van der Waals surface area contributed by atoms with E-state index in [1.807, 2.05) is 0 Å². The van der Waals surface area contributed by atoms with Crippen LogP contribution >= 0.6 is 11.6 Å². The number of carbonyl (C=O) groups excluding carboxylic acids is 1. The number of nitro benzene ring substituents is 1. The molecule has 0 bridgehead atoms. The van der Waals surface area contributed by atoms with Gasteiger partial charge in [0.25, 0.3) is 5.69 Å². The Balaban J connectivity index is 3.19. The highest BCUT2D eigenvalue weighted by Gasteiger charge is 2.14. The summed E-state index contributed by atoms with van der Waals surface area (Å²) in [6.07, 6.45) is -0.350. The summed E-state index contributed by atoms with van der Waals surface area (Å²) >= 11 is 5.69. The highest BCUT2D eigenvalue weighted by atomic mass is 35.5. The van der Waals surface area contributed by atoms with Crippen LogP contribution in [0.25, 0.3) is 0 Å². The van der Waals surface area contributed by atoms with Gasteiger partial charge in [-0.1, -0.05) is 11.6 Å². The summed E-state index contributed by atoms with van der Waals surface area (Å²) in [5.74, 6) is -1.27. The third-order valence-corrected chi connectivity index (χ3v) is 2.25.